The molecule has 5 heteroatoms. The van der Waals surface area contributed by atoms with Gasteiger partial charge in [-0.15, -0.1) is 6.58 Å². The molecule has 0 aromatic heterocycles. The molecule has 0 unspecified atom stereocenters. The molecule has 20 heavy (non-hydrogen) atoms. The van der Waals surface area contributed by atoms with Gasteiger partial charge in [-0.3, -0.25) is 0 Å². The molecule has 0 saturated carbocycles. The fraction of sp³-hybridized carbons (Fsp3) is 0.400. The molecule has 0 N–H and O–H groups in total. The van der Waals surface area contributed by atoms with E-state index in [0.717, 1.165) is 0 Å². The molecule has 0 aliphatic rings. The molecule has 0 fully saturated rings. The van der Waals surface area contributed by atoms with Crippen LogP contribution in [0, 0.1) is 11.3 Å². The van der Waals surface area contributed by atoms with Gasteiger partial charge in [0.05, 0.1) is 17.4 Å². The van der Waals surface area contributed by atoms with Crippen molar-refractivity contribution in [2.75, 3.05) is 6.54 Å². The second-order valence-corrected chi connectivity index (χ2v) is 7.41. The second-order valence-electron chi connectivity index (χ2n) is 5.52. The molecular formula is C15H20N2O2S. The van der Waals surface area contributed by atoms with E-state index in [4.69, 9.17) is 5.26 Å². The maximum Gasteiger partial charge on any atom is 0.219 e. The van der Waals surface area contributed by atoms with Gasteiger partial charge < -0.3 is 0 Å². The van der Waals surface area contributed by atoms with Crippen LogP contribution in [0.5, 0.6) is 0 Å². The second kappa shape index (κ2) is 6.21. The first-order valence-electron chi connectivity index (χ1n) is 6.32. The Kier molecular flexibility index (Phi) is 5.09. The zero-order chi connectivity index (χ0) is 15.4. The van der Waals surface area contributed by atoms with E-state index in [1.807, 2.05) is 26.8 Å². The van der Waals surface area contributed by atoms with E-state index in [9.17, 15) is 8.42 Å². The normalized spacial score (nSPS) is 12.2. The maximum absolute atomic E-state index is 12.6. The Morgan fingerprint density at radius 2 is 1.95 bits per heavy atom. The Balaban J connectivity index is 3.17. The van der Waals surface area contributed by atoms with Gasteiger partial charge in [0, 0.05) is 12.1 Å². The Bertz CT molecular complexity index is 622. The fourth-order valence-corrected chi connectivity index (χ4v) is 3.92. The third-order valence-electron chi connectivity index (χ3n) is 2.85. The monoisotopic (exact) mass is 292 g/mol. The van der Waals surface area contributed by atoms with Crippen molar-refractivity contribution in [3.8, 4) is 6.07 Å². The van der Waals surface area contributed by atoms with Crippen molar-refractivity contribution >= 4 is 10.0 Å². The van der Waals surface area contributed by atoms with E-state index < -0.39 is 15.6 Å². The number of benzene rings is 1. The lowest BCUT2D eigenvalue weighted by molar-refractivity contribution is 0.269. The minimum absolute atomic E-state index is 0.179. The molecule has 4 nitrogen and oxygen atoms in total. The Morgan fingerprint density at radius 1 is 1.35 bits per heavy atom. The average molecular weight is 292 g/mol. The first-order chi connectivity index (χ1) is 9.22. The molecule has 0 saturated heterocycles. The molecule has 1 aromatic rings. The molecule has 1 aromatic carbocycles. The molecule has 0 bridgehead atoms. The van der Waals surface area contributed by atoms with E-state index >= 15 is 0 Å². The van der Waals surface area contributed by atoms with Crippen LogP contribution in [-0.2, 0) is 15.8 Å². The summed E-state index contributed by atoms with van der Waals surface area (Å²) in [6.07, 6.45) is 1.57. The van der Waals surface area contributed by atoms with Gasteiger partial charge in [-0.1, -0.05) is 24.3 Å². The summed E-state index contributed by atoms with van der Waals surface area (Å²) in [6, 6.07) is 8.78. The van der Waals surface area contributed by atoms with Crippen LogP contribution in [-0.4, -0.2) is 24.8 Å². The largest absolute Gasteiger partial charge is 0.219 e. The summed E-state index contributed by atoms with van der Waals surface area (Å²) >= 11 is 0. The first kappa shape index (κ1) is 16.4. The van der Waals surface area contributed by atoms with Crippen LogP contribution in [0.3, 0.4) is 0 Å². The molecule has 0 amide bonds. The minimum atomic E-state index is -3.52. The van der Waals surface area contributed by atoms with Gasteiger partial charge >= 0.3 is 0 Å². The van der Waals surface area contributed by atoms with Crippen molar-refractivity contribution in [2.45, 2.75) is 32.1 Å². The highest BCUT2D eigenvalue weighted by atomic mass is 32.2. The summed E-state index contributed by atoms with van der Waals surface area (Å²) in [7, 11) is -3.52. The van der Waals surface area contributed by atoms with Crippen molar-refractivity contribution in [2.24, 2.45) is 0 Å². The van der Waals surface area contributed by atoms with Crippen molar-refractivity contribution in [3.63, 3.8) is 0 Å². The molecule has 1 rings (SSSR count). The van der Waals surface area contributed by atoms with Crippen molar-refractivity contribution in [1.82, 2.24) is 4.31 Å². The van der Waals surface area contributed by atoms with Gasteiger partial charge in [-0.05, 0) is 32.4 Å². The maximum atomic E-state index is 12.6. The van der Waals surface area contributed by atoms with Gasteiger partial charge in [0.1, 0.15) is 0 Å². The molecule has 0 spiro atoms. The van der Waals surface area contributed by atoms with Crippen LogP contribution in [0.15, 0.2) is 36.9 Å². The number of hydrogen-bond donors (Lipinski definition) is 0. The lowest BCUT2D eigenvalue weighted by atomic mass is 10.1. The average Bonchev–Trinajstić information content (AvgIpc) is 2.34. The van der Waals surface area contributed by atoms with E-state index in [1.165, 1.54) is 4.31 Å². The predicted molar refractivity (Wildman–Crippen MR) is 80.4 cm³/mol. The van der Waals surface area contributed by atoms with Crippen LogP contribution in [0.4, 0.5) is 0 Å². The Hall–Kier alpha value is -1.64. The summed E-state index contributed by atoms with van der Waals surface area (Å²) in [5.74, 6) is -0.179. The van der Waals surface area contributed by atoms with Crippen LogP contribution < -0.4 is 0 Å². The zero-order valence-corrected chi connectivity index (χ0v) is 12.9. The third-order valence-corrected chi connectivity index (χ3v) is 4.90. The SMILES string of the molecule is C=CCN(C(C)(C)C)S(=O)(=O)Cc1ccccc1C#N. The number of rotatable bonds is 5. The van der Waals surface area contributed by atoms with Crippen molar-refractivity contribution in [1.29, 1.82) is 5.26 Å². The van der Waals surface area contributed by atoms with Gasteiger partial charge in [0.15, 0.2) is 0 Å². The summed E-state index contributed by atoms with van der Waals surface area (Å²) in [5, 5.41) is 9.04. The number of hydrogen-bond acceptors (Lipinski definition) is 3. The standard InChI is InChI=1S/C15H20N2O2S/c1-5-10-17(15(2,3)4)20(18,19)12-14-9-7-6-8-13(14)11-16/h5-9H,1,10,12H2,2-4H3. The van der Waals surface area contributed by atoms with Gasteiger partial charge in [-0.2, -0.15) is 9.57 Å². The Morgan fingerprint density at radius 3 is 2.45 bits per heavy atom. The van der Waals surface area contributed by atoms with Crippen molar-refractivity contribution < 1.29 is 8.42 Å². The summed E-state index contributed by atoms with van der Waals surface area (Å²) in [5.41, 5.74) is 0.381. The lowest BCUT2D eigenvalue weighted by Crippen LogP contribution is -2.46. The quantitative estimate of drug-likeness (QED) is 0.784. The van der Waals surface area contributed by atoms with Gasteiger partial charge in [-0.25, -0.2) is 8.42 Å². The molecule has 0 aliphatic heterocycles. The van der Waals surface area contributed by atoms with Crippen molar-refractivity contribution in [3.05, 3.63) is 48.0 Å². The molecule has 0 aliphatic carbocycles. The van der Waals surface area contributed by atoms with Gasteiger partial charge in [0.25, 0.3) is 0 Å². The Labute approximate surface area is 121 Å². The fourth-order valence-electron chi connectivity index (χ4n) is 1.95. The minimum Gasteiger partial charge on any atom is -0.212 e. The van der Waals surface area contributed by atoms with E-state index in [1.54, 1.807) is 30.3 Å². The summed E-state index contributed by atoms with van der Waals surface area (Å²) < 4.78 is 26.6. The third kappa shape index (κ3) is 3.92. The molecule has 108 valence electrons. The van der Waals surface area contributed by atoms with Crippen LogP contribution in [0.1, 0.15) is 31.9 Å². The highest BCUT2D eigenvalue weighted by molar-refractivity contribution is 7.88. The molecular weight excluding hydrogens is 272 g/mol. The van der Waals surface area contributed by atoms with E-state index in [2.05, 4.69) is 6.58 Å². The zero-order valence-electron chi connectivity index (χ0n) is 12.1. The number of nitrogens with zero attached hydrogens (tertiary/aromatic N) is 2. The van der Waals surface area contributed by atoms with Gasteiger partial charge in [0.2, 0.25) is 10.0 Å². The van der Waals surface area contributed by atoms with Crippen LogP contribution >= 0.6 is 0 Å². The lowest BCUT2D eigenvalue weighted by Gasteiger charge is -2.33. The van der Waals surface area contributed by atoms with Crippen LogP contribution in [0.25, 0.3) is 0 Å². The smallest absolute Gasteiger partial charge is 0.212 e. The number of sulfonamides is 1. The summed E-state index contributed by atoms with van der Waals surface area (Å²) in [4.78, 5) is 0. The predicted octanol–water partition coefficient (Wildman–Crippen LogP) is 2.67. The van der Waals surface area contributed by atoms with Crippen LogP contribution in [0.2, 0.25) is 0 Å². The van der Waals surface area contributed by atoms with E-state index in [0.29, 0.717) is 11.1 Å². The topological polar surface area (TPSA) is 61.2 Å². The molecule has 0 radical (unpaired) electrons. The highest BCUT2D eigenvalue weighted by Crippen LogP contribution is 2.22. The number of nitriles is 1. The summed E-state index contributed by atoms with van der Waals surface area (Å²) in [6.45, 7) is 9.37. The first-order valence-corrected chi connectivity index (χ1v) is 7.92. The molecule has 0 heterocycles. The highest BCUT2D eigenvalue weighted by Gasteiger charge is 2.32. The van der Waals surface area contributed by atoms with E-state index in [-0.39, 0.29) is 12.3 Å². The molecule has 0 atom stereocenters.